The molecule has 0 amide bonds. The zero-order valence-electron chi connectivity index (χ0n) is 37.8. The van der Waals surface area contributed by atoms with Crippen LogP contribution in [0.3, 0.4) is 0 Å². The molecule has 1 nitrogen and oxygen atoms in total. The van der Waals surface area contributed by atoms with Gasteiger partial charge in [0.2, 0.25) is 0 Å². The quantitative estimate of drug-likeness (QED) is 0.135. The van der Waals surface area contributed by atoms with Crippen molar-refractivity contribution in [2.45, 2.75) is 22.9 Å². The lowest BCUT2D eigenvalue weighted by atomic mass is 9.45. The van der Waals surface area contributed by atoms with Crippen molar-refractivity contribution in [3.63, 3.8) is 0 Å². The topological polar surface area (TPSA) is 12.0 Å². The van der Waals surface area contributed by atoms with Gasteiger partial charge in [0.25, 0.3) is 0 Å². The van der Waals surface area contributed by atoms with Gasteiger partial charge in [-0.1, -0.05) is 36.4 Å². The number of hydrogen-bond acceptors (Lipinski definition) is 1. The van der Waals surface area contributed by atoms with E-state index in [1.807, 2.05) is 0 Å². The Morgan fingerprint density at radius 3 is 0.689 bits per heavy atom. The van der Waals surface area contributed by atoms with Crippen LogP contribution in [0.4, 0.5) is 0 Å². The van der Waals surface area contributed by atoms with Gasteiger partial charge in [0.1, 0.15) is 0 Å². The van der Waals surface area contributed by atoms with Gasteiger partial charge in [-0.3, -0.25) is 0 Å². The first-order chi connectivity index (χ1) is 36.9. The second-order valence-electron chi connectivity index (χ2n) is 26.9. The lowest BCUT2D eigenvalue weighted by molar-refractivity contribution is 0.345. The Bertz CT molecular complexity index is 7520. The monoisotopic (exact) mass is 901 g/mol. The molecule has 0 radical (unpaired) electrons. The highest BCUT2D eigenvalue weighted by molar-refractivity contribution is 6.82. The first kappa shape index (κ1) is 27.6. The number of benzene rings is 19. The predicted molar refractivity (Wildman–Crippen MR) is 311 cm³/mol. The van der Waals surface area contributed by atoms with Crippen molar-refractivity contribution in [3.05, 3.63) is 87.7 Å². The van der Waals surface area contributed by atoms with E-state index in [-0.39, 0.29) is 12.1 Å². The van der Waals surface area contributed by atoms with Gasteiger partial charge in [0.05, 0.1) is 16.9 Å². The summed E-state index contributed by atoms with van der Waals surface area (Å²) in [6.07, 6.45) is 7.03. The maximum atomic E-state index is 4.86. The van der Waals surface area contributed by atoms with Crippen molar-refractivity contribution in [3.8, 4) is 0 Å². The Morgan fingerprint density at radius 2 is 0.473 bits per heavy atom. The van der Waals surface area contributed by atoms with E-state index < -0.39 is 10.8 Å². The van der Waals surface area contributed by atoms with E-state index >= 15 is 0 Å². The zero-order chi connectivity index (χ0) is 43.9. The molecule has 0 aromatic heterocycles. The number of hydrogen-bond donors (Lipinski definition) is 1. The molecule has 2 spiro atoms. The average molecular weight is 902 g/mol. The Labute approximate surface area is 404 Å². The molecule has 1 saturated heterocycles. The molecule has 0 bridgehead atoms. The molecular formula is C73H11N. The third-order valence-electron chi connectivity index (χ3n) is 26.7. The molecule has 29 aromatic rings. The van der Waals surface area contributed by atoms with E-state index in [0.717, 1.165) is 0 Å². The van der Waals surface area contributed by atoms with E-state index in [0.29, 0.717) is 0 Å². The van der Waals surface area contributed by atoms with Gasteiger partial charge in [0.15, 0.2) is 0 Å². The van der Waals surface area contributed by atoms with Crippen LogP contribution in [0.15, 0.2) is 59.9 Å². The van der Waals surface area contributed by atoms with Gasteiger partial charge >= 0.3 is 0 Å². The molecular weight excluding hydrogens is 891 g/mol. The van der Waals surface area contributed by atoms with E-state index in [2.05, 4.69) is 54.3 Å². The fraction of sp³-hybridized carbons (Fsp3) is 0.0548. The largest absolute Gasteiger partial charge is 0.300 e. The number of rotatable bonds is 2. The van der Waals surface area contributed by atoms with Crippen LogP contribution in [0, 0.1) is 0 Å². The molecule has 308 valence electrons. The Morgan fingerprint density at radius 1 is 0.257 bits per heavy atom. The average Bonchev–Trinajstić information content (AvgIpc) is 4.21. The minimum atomic E-state index is -0.427. The molecule has 1 aliphatic heterocycles. The maximum Gasteiger partial charge on any atom is 0.0585 e. The molecule has 6 aliphatic rings. The van der Waals surface area contributed by atoms with Crippen LogP contribution >= 0.6 is 0 Å². The highest BCUT2D eigenvalue weighted by atomic mass is 15.1. The summed E-state index contributed by atoms with van der Waals surface area (Å²) in [5.41, 5.74) is 12.9. The lowest BCUT2D eigenvalue weighted by Gasteiger charge is -2.53. The van der Waals surface area contributed by atoms with Crippen molar-refractivity contribution < 1.29 is 0 Å². The van der Waals surface area contributed by atoms with Crippen LogP contribution in [0.2, 0.25) is 0 Å². The van der Waals surface area contributed by atoms with Crippen LogP contribution in [0.1, 0.15) is 33.9 Å². The highest BCUT2D eigenvalue weighted by Gasteiger charge is 2.78. The lowest BCUT2D eigenvalue weighted by Crippen LogP contribution is -2.55. The zero-order valence-corrected chi connectivity index (χ0v) is 37.8. The van der Waals surface area contributed by atoms with E-state index in [9.17, 15) is 0 Å². The molecule has 74 heavy (non-hydrogen) atoms. The molecule has 0 saturated carbocycles. The van der Waals surface area contributed by atoms with Crippen molar-refractivity contribution in [2.75, 3.05) is 0 Å². The third kappa shape index (κ3) is 1.48. The molecule has 1 heteroatoms. The first-order valence-corrected chi connectivity index (χ1v) is 27.6. The molecule has 29 aromatic carbocycles. The maximum absolute atomic E-state index is 4.86. The van der Waals surface area contributed by atoms with Crippen LogP contribution in [0.25, 0.3) is 291 Å². The summed E-state index contributed by atoms with van der Waals surface area (Å²) in [7, 11) is 0. The Balaban J connectivity index is 1.15. The van der Waals surface area contributed by atoms with Gasteiger partial charge in [-0.25, -0.2) is 0 Å². The highest BCUT2D eigenvalue weighted by Crippen LogP contribution is 2.87. The SMILES string of the molecule is C1=CC=CC=1C1NC(c2ccccc2)C23c4c5c6c7c8c9c(c%10c%11c2c2c4c4c%12c5c5c6c6c8c8c%13c9c9c%10c%10c%11c%11c2c2c4c4c%12c%12c5c5c6c8c6c8c%13c9c9c%10c%10c%11c2c2c4c4c%12c5c6c5c8c9c%10c2c45)C713. The predicted octanol–water partition coefficient (Wildman–Crippen LogP) is 18.7. The molecule has 2 unspecified atom stereocenters. The molecule has 2 atom stereocenters. The summed E-state index contributed by atoms with van der Waals surface area (Å²) in [5, 5.41) is 94.2. The molecule has 5 aliphatic carbocycles. The molecule has 1 fully saturated rings. The number of nitrogens with one attached hydrogen (secondary N) is 1. The van der Waals surface area contributed by atoms with Gasteiger partial charge in [-0.2, -0.15) is 0 Å². The first-order valence-electron chi connectivity index (χ1n) is 27.6. The second-order valence-corrected chi connectivity index (χ2v) is 26.9. The summed E-state index contributed by atoms with van der Waals surface area (Å²) in [5.74, 6) is 0. The van der Waals surface area contributed by atoms with E-state index in [4.69, 9.17) is 5.32 Å². The minimum absolute atomic E-state index is 0.0125. The smallest absolute Gasteiger partial charge is 0.0585 e. The van der Waals surface area contributed by atoms with E-state index in [1.165, 1.54) is 11.1 Å². The van der Waals surface area contributed by atoms with Gasteiger partial charge in [-0.15, -0.1) is 5.73 Å². The fourth-order valence-corrected chi connectivity index (χ4v) is 26.7. The minimum Gasteiger partial charge on any atom is -0.300 e. The molecule has 1 heterocycles. The van der Waals surface area contributed by atoms with E-state index in [1.54, 1.807) is 313 Å². The van der Waals surface area contributed by atoms with Crippen LogP contribution in [-0.2, 0) is 10.8 Å². The fourth-order valence-electron chi connectivity index (χ4n) is 26.7. The molecule has 1 N–H and O–H groups in total. The van der Waals surface area contributed by atoms with Crippen LogP contribution in [-0.4, -0.2) is 6.04 Å². The normalized spacial score (nSPS) is 24.6. The van der Waals surface area contributed by atoms with Crippen molar-refractivity contribution in [1.82, 2.24) is 5.32 Å². The molecule has 35 rings (SSSR count). The van der Waals surface area contributed by atoms with Crippen molar-refractivity contribution in [1.29, 1.82) is 0 Å². The standard InChI is InChI=1S/C73H11N/c1-2-6-10(7-3-1)70-72-66-58-50-40-30-22-14-12-13-16-20-18(14)26-34-28(20)38-32-24(16)25-17(13)21-19-15(12)23(22)31-37-27(19)35-29(21)39-33(25)43-42(32)52-46(38)56-48(34)54(44(50)36(26)30)62(66)64(56)68-60(52)61-53(43)47(39)57-49(35)55-45(37)51(41(31)40)59(58)67(72)63(55)65(57)69(61)73(68,72)71(74-70)11-8-4-5-9-11/h1-8,70-71,74H. The number of allylic oxidation sites excluding steroid dienone is 1. The van der Waals surface area contributed by atoms with Crippen molar-refractivity contribution >= 4 is 291 Å². The summed E-state index contributed by atoms with van der Waals surface area (Å²) >= 11 is 0. The van der Waals surface area contributed by atoms with Gasteiger partial charge in [-0.05, 0) is 331 Å². The van der Waals surface area contributed by atoms with Gasteiger partial charge < -0.3 is 5.32 Å². The third-order valence-corrected chi connectivity index (χ3v) is 26.7. The summed E-state index contributed by atoms with van der Waals surface area (Å²) in [4.78, 5) is 0. The Kier molecular flexibility index (Phi) is 2.39. The summed E-state index contributed by atoms with van der Waals surface area (Å²) in [6, 6.07) is 12.1. The van der Waals surface area contributed by atoms with Crippen LogP contribution < -0.4 is 5.32 Å². The Hall–Kier alpha value is -9.10. The van der Waals surface area contributed by atoms with Crippen molar-refractivity contribution in [2.24, 2.45) is 0 Å². The second kappa shape index (κ2) is 6.39. The summed E-state index contributed by atoms with van der Waals surface area (Å²) in [6.45, 7) is 0. The van der Waals surface area contributed by atoms with Crippen LogP contribution in [0.5, 0.6) is 0 Å². The van der Waals surface area contributed by atoms with Gasteiger partial charge in [0, 0.05) is 11.6 Å². The summed E-state index contributed by atoms with van der Waals surface area (Å²) < 4.78 is 0.